The van der Waals surface area contributed by atoms with Crippen molar-refractivity contribution >= 4 is 16.7 Å². The Kier molecular flexibility index (Phi) is 4.19. The average Bonchev–Trinajstić information content (AvgIpc) is 2.47. The van der Waals surface area contributed by atoms with Crippen LogP contribution in [0.1, 0.15) is 33.3 Å². The summed E-state index contributed by atoms with van der Waals surface area (Å²) in [5, 5.41) is 11.7. The molecule has 2 rings (SSSR count). The first kappa shape index (κ1) is 16.3. The first-order chi connectivity index (χ1) is 10.2. The summed E-state index contributed by atoms with van der Waals surface area (Å²) < 4.78 is 5.42. The highest BCUT2D eigenvalue weighted by atomic mass is 16.5. The number of fused-ring (bicyclic) bond motifs is 1. The van der Waals surface area contributed by atoms with Crippen LogP contribution in [0.2, 0.25) is 0 Å². The van der Waals surface area contributed by atoms with Crippen molar-refractivity contribution in [2.24, 2.45) is 10.8 Å². The number of hydrogen-bond donors (Lipinski definition) is 1. The minimum atomic E-state index is -0.811. The number of aliphatic carboxylic acids is 1. The van der Waals surface area contributed by atoms with Crippen LogP contribution in [0.5, 0.6) is 5.75 Å². The maximum absolute atomic E-state index is 11.6. The number of hydrogen-bond acceptors (Lipinski definition) is 2. The van der Waals surface area contributed by atoms with E-state index in [2.05, 4.69) is 6.07 Å². The molecule has 0 saturated carbocycles. The summed E-state index contributed by atoms with van der Waals surface area (Å²) in [5.41, 5.74) is -0.0414. The van der Waals surface area contributed by atoms with Gasteiger partial charge in [0.2, 0.25) is 0 Å². The van der Waals surface area contributed by atoms with E-state index in [9.17, 15) is 9.90 Å². The zero-order valence-electron chi connectivity index (χ0n) is 13.9. The lowest BCUT2D eigenvalue weighted by molar-refractivity contribution is -0.153. The molecule has 0 atom stereocenters. The lowest BCUT2D eigenvalue weighted by atomic mass is 9.65. The highest BCUT2D eigenvalue weighted by Gasteiger charge is 2.43. The third kappa shape index (κ3) is 2.68. The van der Waals surface area contributed by atoms with E-state index in [-0.39, 0.29) is 5.41 Å². The summed E-state index contributed by atoms with van der Waals surface area (Å²) in [7, 11) is 1.67. The van der Waals surface area contributed by atoms with Crippen LogP contribution in [0.4, 0.5) is 0 Å². The van der Waals surface area contributed by atoms with Crippen molar-refractivity contribution in [1.82, 2.24) is 0 Å². The van der Waals surface area contributed by atoms with Crippen molar-refractivity contribution in [1.29, 1.82) is 0 Å². The molecule has 0 radical (unpaired) electrons. The predicted molar refractivity (Wildman–Crippen MR) is 89.4 cm³/mol. The van der Waals surface area contributed by atoms with Crippen LogP contribution in [-0.4, -0.2) is 18.2 Å². The topological polar surface area (TPSA) is 46.5 Å². The summed E-state index contributed by atoms with van der Waals surface area (Å²) in [6.07, 6.45) is 0.691. The third-order valence-electron chi connectivity index (χ3n) is 5.05. The zero-order valence-corrected chi connectivity index (χ0v) is 13.9. The van der Waals surface area contributed by atoms with E-state index in [0.29, 0.717) is 6.42 Å². The molecule has 0 aliphatic rings. The lowest BCUT2D eigenvalue weighted by Crippen LogP contribution is -2.41. The predicted octanol–water partition coefficient (Wildman–Crippen LogP) is 4.53. The first-order valence-electron chi connectivity index (χ1n) is 7.49. The average molecular weight is 300 g/mol. The van der Waals surface area contributed by atoms with Crippen LogP contribution < -0.4 is 4.74 Å². The molecule has 0 heterocycles. The highest BCUT2D eigenvalue weighted by Crippen LogP contribution is 2.43. The summed E-state index contributed by atoms with van der Waals surface area (Å²) in [5.74, 6) is 0.0740. The molecule has 0 spiro atoms. The van der Waals surface area contributed by atoms with E-state index in [1.54, 1.807) is 21.0 Å². The van der Waals surface area contributed by atoms with Crippen LogP contribution >= 0.6 is 0 Å². The van der Waals surface area contributed by atoms with Crippen molar-refractivity contribution < 1.29 is 14.6 Å². The van der Waals surface area contributed by atoms with Gasteiger partial charge in [-0.05, 0) is 42.7 Å². The second kappa shape index (κ2) is 5.64. The molecule has 3 nitrogen and oxygen atoms in total. The van der Waals surface area contributed by atoms with Gasteiger partial charge in [0.1, 0.15) is 5.75 Å². The molecular weight excluding hydrogens is 276 g/mol. The molecule has 0 bridgehead atoms. The SMILES string of the molecule is COc1ccc(CC(C)(C)C(C)(C)C(=O)O)c2ccccc12. The van der Waals surface area contributed by atoms with Gasteiger partial charge in [0.15, 0.2) is 0 Å². The van der Waals surface area contributed by atoms with Crippen LogP contribution in [-0.2, 0) is 11.2 Å². The van der Waals surface area contributed by atoms with Gasteiger partial charge < -0.3 is 9.84 Å². The van der Waals surface area contributed by atoms with Gasteiger partial charge in [-0.15, -0.1) is 0 Å². The maximum Gasteiger partial charge on any atom is 0.309 e. The Bertz CT molecular complexity index is 699. The van der Waals surface area contributed by atoms with Crippen molar-refractivity contribution in [2.75, 3.05) is 7.11 Å². The number of carboxylic acid groups (broad SMARTS) is 1. The Morgan fingerprint density at radius 3 is 2.18 bits per heavy atom. The van der Waals surface area contributed by atoms with Crippen molar-refractivity contribution in [3.8, 4) is 5.75 Å². The van der Waals surface area contributed by atoms with Gasteiger partial charge in [-0.1, -0.05) is 44.2 Å². The second-order valence-electron chi connectivity index (χ2n) is 6.96. The minimum absolute atomic E-state index is 0.379. The fourth-order valence-corrected chi connectivity index (χ4v) is 2.65. The van der Waals surface area contributed by atoms with Gasteiger partial charge in [0.25, 0.3) is 0 Å². The molecule has 0 saturated heterocycles. The highest BCUT2D eigenvalue weighted by molar-refractivity contribution is 5.91. The normalized spacial score (nSPS) is 12.4. The maximum atomic E-state index is 11.6. The Labute approximate surface area is 131 Å². The van der Waals surface area contributed by atoms with Crippen LogP contribution in [0, 0.1) is 10.8 Å². The molecule has 0 aromatic heterocycles. The first-order valence-corrected chi connectivity index (χ1v) is 7.49. The Balaban J connectivity index is 2.51. The number of methoxy groups -OCH3 is 1. The molecule has 0 fully saturated rings. The largest absolute Gasteiger partial charge is 0.496 e. The monoisotopic (exact) mass is 300 g/mol. The van der Waals surface area contributed by atoms with E-state index in [4.69, 9.17) is 4.74 Å². The van der Waals surface area contributed by atoms with E-state index in [1.165, 1.54) is 0 Å². The molecule has 0 amide bonds. The van der Waals surface area contributed by atoms with Crippen LogP contribution in [0.3, 0.4) is 0 Å². The van der Waals surface area contributed by atoms with E-state index < -0.39 is 11.4 Å². The van der Waals surface area contributed by atoms with Crippen molar-refractivity contribution in [3.05, 3.63) is 42.0 Å². The second-order valence-corrected chi connectivity index (χ2v) is 6.96. The summed E-state index contributed by atoms with van der Waals surface area (Å²) in [4.78, 5) is 11.6. The quantitative estimate of drug-likeness (QED) is 0.882. The van der Waals surface area contributed by atoms with Gasteiger partial charge in [0.05, 0.1) is 12.5 Å². The summed E-state index contributed by atoms with van der Waals surface area (Å²) >= 11 is 0. The number of carboxylic acids is 1. The third-order valence-corrected chi connectivity index (χ3v) is 5.05. The molecule has 3 heteroatoms. The van der Waals surface area contributed by atoms with E-state index >= 15 is 0 Å². The Hall–Kier alpha value is -2.03. The summed E-state index contributed by atoms with van der Waals surface area (Å²) in [6, 6.07) is 12.1. The fourth-order valence-electron chi connectivity index (χ4n) is 2.65. The molecule has 0 aliphatic carbocycles. The molecule has 0 unspecified atom stereocenters. The van der Waals surface area contributed by atoms with Gasteiger partial charge in [-0.2, -0.15) is 0 Å². The molecule has 118 valence electrons. The van der Waals surface area contributed by atoms with Gasteiger partial charge in [-0.25, -0.2) is 0 Å². The van der Waals surface area contributed by atoms with Crippen LogP contribution in [0.25, 0.3) is 10.8 Å². The van der Waals surface area contributed by atoms with Crippen molar-refractivity contribution in [2.45, 2.75) is 34.1 Å². The molecule has 0 aliphatic heterocycles. The number of rotatable bonds is 5. The minimum Gasteiger partial charge on any atom is -0.496 e. The molecule has 2 aromatic carbocycles. The molecule has 1 N–H and O–H groups in total. The van der Waals surface area contributed by atoms with Gasteiger partial charge in [-0.3, -0.25) is 4.79 Å². The molecular formula is C19H24O3. The Morgan fingerprint density at radius 2 is 1.64 bits per heavy atom. The molecule has 22 heavy (non-hydrogen) atoms. The zero-order chi connectivity index (χ0) is 16.5. The van der Waals surface area contributed by atoms with E-state index in [1.807, 2.05) is 44.2 Å². The smallest absolute Gasteiger partial charge is 0.309 e. The van der Waals surface area contributed by atoms with Crippen molar-refractivity contribution in [3.63, 3.8) is 0 Å². The number of ether oxygens (including phenoxy) is 1. The lowest BCUT2D eigenvalue weighted by Gasteiger charge is -2.38. The fraction of sp³-hybridized carbons (Fsp3) is 0.421. The standard InChI is InChI=1S/C19H24O3/c1-18(2,19(3,4)17(20)21)12-13-10-11-16(22-5)15-9-7-6-8-14(13)15/h6-11H,12H2,1-5H3,(H,20,21). The van der Waals surface area contributed by atoms with Gasteiger partial charge >= 0.3 is 5.97 Å². The van der Waals surface area contributed by atoms with Crippen LogP contribution in [0.15, 0.2) is 36.4 Å². The van der Waals surface area contributed by atoms with Gasteiger partial charge in [0, 0.05) is 5.39 Å². The number of carbonyl (C=O) groups is 1. The number of benzene rings is 2. The summed E-state index contributed by atoms with van der Waals surface area (Å²) in [6.45, 7) is 7.61. The van der Waals surface area contributed by atoms with E-state index in [0.717, 1.165) is 22.1 Å². The molecule has 2 aromatic rings. The Morgan fingerprint density at radius 1 is 1.05 bits per heavy atom.